The Bertz CT molecular complexity index is 799. The molecule has 1 unspecified atom stereocenters. The molecule has 0 bridgehead atoms. The standard InChI is InChI=1S/C22H31N5OS/c1-17(13-20-9-6-12-29-20)15-24-21(23-2)25-16-18-7-5-8-19(14-18)26-22(28)27-10-3-4-11-27/h5-9,12,14,17H,3-4,10-11,13,15-16H2,1-2H3,(H,26,28)(H2,23,24,25). The summed E-state index contributed by atoms with van der Waals surface area (Å²) in [5, 5.41) is 11.9. The number of hydrogen-bond acceptors (Lipinski definition) is 3. The van der Waals surface area contributed by atoms with Gasteiger partial charge < -0.3 is 20.9 Å². The number of hydrogen-bond donors (Lipinski definition) is 3. The zero-order valence-electron chi connectivity index (χ0n) is 17.3. The van der Waals surface area contributed by atoms with E-state index in [-0.39, 0.29) is 6.03 Å². The Morgan fingerprint density at radius 2 is 2.03 bits per heavy atom. The Kier molecular flexibility index (Phi) is 7.93. The minimum atomic E-state index is -0.00943. The van der Waals surface area contributed by atoms with Gasteiger partial charge in [-0.15, -0.1) is 11.3 Å². The highest BCUT2D eigenvalue weighted by atomic mass is 32.1. The van der Waals surface area contributed by atoms with Gasteiger partial charge >= 0.3 is 6.03 Å². The second-order valence-electron chi connectivity index (χ2n) is 7.52. The minimum absolute atomic E-state index is 0.00943. The van der Waals surface area contributed by atoms with Crippen LogP contribution < -0.4 is 16.0 Å². The van der Waals surface area contributed by atoms with E-state index in [0.29, 0.717) is 12.5 Å². The lowest BCUT2D eigenvalue weighted by Crippen LogP contribution is -2.39. The molecular weight excluding hydrogens is 382 g/mol. The highest BCUT2D eigenvalue weighted by molar-refractivity contribution is 7.09. The molecular formula is C22H31N5OS. The van der Waals surface area contributed by atoms with Crippen molar-refractivity contribution in [3.63, 3.8) is 0 Å². The molecule has 1 saturated heterocycles. The summed E-state index contributed by atoms with van der Waals surface area (Å²) in [6.07, 6.45) is 3.26. The molecule has 1 aliphatic rings. The molecule has 1 aromatic carbocycles. The van der Waals surface area contributed by atoms with Gasteiger partial charge in [-0.05, 0) is 54.3 Å². The maximum Gasteiger partial charge on any atom is 0.321 e. The number of amides is 2. The summed E-state index contributed by atoms with van der Waals surface area (Å²) in [5.41, 5.74) is 1.92. The Labute approximate surface area is 177 Å². The first-order valence-corrected chi connectivity index (χ1v) is 11.1. The number of anilines is 1. The largest absolute Gasteiger partial charge is 0.356 e. The first-order valence-electron chi connectivity index (χ1n) is 10.3. The van der Waals surface area contributed by atoms with Crippen LogP contribution in [0.3, 0.4) is 0 Å². The summed E-state index contributed by atoms with van der Waals surface area (Å²) in [5.74, 6) is 1.31. The van der Waals surface area contributed by atoms with Gasteiger partial charge in [0.25, 0.3) is 0 Å². The molecule has 1 atom stereocenters. The smallest absolute Gasteiger partial charge is 0.321 e. The fourth-order valence-corrected chi connectivity index (χ4v) is 4.27. The van der Waals surface area contributed by atoms with Gasteiger partial charge in [0.1, 0.15) is 0 Å². The van der Waals surface area contributed by atoms with E-state index in [1.807, 2.05) is 29.2 Å². The molecule has 3 N–H and O–H groups in total. The molecule has 3 rings (SSSR count). The van der Waals surface area contributed by atoms with Crippen molar-refractivity contribution in [2.45, 2.75) is 32.7 Å². The van der Waals surface area contributed by atoms with Gasteiger partial charge in [-0.25, -0.2) is 4.79 Å². The quantitative estimate of drug-likeness (QED) is 0.476. The predicted octanol–water partition coefficient (Wildman–Crippen LogP) is 3.92. The summed E-state index contributed by atoms with van der Waals surface area (Å²) in [6.45, 7) is 5.45. The van der Waals surface area contributed by atoms with Crippen LogP contribution in [0.1, 0.15) is 30.2 Å². The predicted molar refractivity (Wildman–Crippen MR) is 122 cm³/mol. The molecule has 29 heavy (non-hydrogen) atoms. The van der Waals surface area contributed by atoms with Crippen molar-refractivity contribution < 1.29 is 4.79 Å². The number of nitrogens with zero attached hydrogens (tertiary/aromatic N) is 2. The number of rotatable bonds is 7. The number of nitrogens with one attached hydrogen (secondary N) is 3. The second-order valence-corrected chi connectivity index (χ2v) is 8.55. The first kappa shape index (κ1) is 21.2. The van der Waals surface area contributed by atoms with Crippen molar-refractivity contribution in [1.29, 1.82) is 0 Å². The number of likely N-dealkylation sites (tertiary alicyclic amines) is 1. The number of benzene rings is 1. The van der Waals surface area contributed by atoms with E-state index < -0.39 is 0 Å². The van der Waals surface area contributed by atoms with Gasteiger partial charge in [-0.1, -0.05) is 25.1 Å². The maximum atomic E-state index is 12.3. The highest BCUT2D eigenvalue weighted by Gasteiger charge is 2.17. The molecule has 1 fully saturated rings. The molecule has 0 saturated carbocycles. The van der Waals surface area contributed by atoms with Gasteiger partial charge in [0.2, 0.25) is 0 Å². The lowest BCUT2D eigenvalue weighted by molar-refractivity contribution is 0.222. The maximum absolute atomic E-state index is 12.3. The van der Waals surface area contributed by atoms with E-state index in [0.717, 1.165) is 56.1 Å². The van der Waals surface area contributed by atoms with E-state index in [2.05, 4.69) is 45.4 Å². The Balaban J connectivity index is 1.44. The molecule has 6 nitrogen and oxygen atoms in total. The van der Waals surface area contributed by atoms with Crippen molar-refractivity contribution in [2.24, 2.45) is 10.9 Å². The average molecular weight is 414 g/mol. The van der Waals surface area contributed by atoms with Crippen LogP contribution in [0.2, 0.25) is 0 Å². The van der Waals surface area contributed by atoms with Gasteiger partial charge in [-0.3, -0.25) is 4.99 Å². The third-order valence-electron chi connectivity index (χ3n) is 5.00. The number of carbonyl (C=O) groups is 1. The number of aliphatic imine (C=N–C) groups is 1. The van der Waals surface area contributed by atoms with Crippen LogP contribution in [0.15, 0.2) is 46.8 Å². The van der Waals surface area contributed by atoms with E-state index in [4.69, 9.17) is 0 Å². The van der Waals surface area contributed by atoms with Gasteiger partial charge in [0.15, 0.2) is 5.96 Å². The highest BCUT2D eigenvalue weighted by Crippen LogP contribution is 2.15. The van der Waals surface area contributed by atoms with E-state index >= 15 is 0 Å². The lowest BCUT2D eigenvalue weighted by atomic mass is 10.1. The number of guanidine groups is 1. The summed E-state index contributed by atoms with van der Waals surface area (Å²) in [6, 6.07) is 12.2. The molecule has 1 aromatic heterocycles. The molecule has 0 radical (unpaired) electrons. The lowest BCUT2D eigenvalue weighted by Gasteiger charge is -2.17. The fraction of sp³-hybridized carbons (Fsp3) is 0.455. The van der Waals surface area contributed by atoms with Crippen LogP contribution in [-0.4, -0.2) is 43.6 Å². The second kappa shape index (κ2) is 10.9. The van der Waals surface area contributed by atoms with Crippen LogP contribution >= 0.6 is 11.3 Å². The zero-order chi connectivity index (χ0) is 20.5. The normalized spacial score (nSPS) is 15.2. The first-order chi connectivity index (χ1) is 14.1. The SMILES string of the molecule is CN=C(NCc1cccc(NC(=O)N2CCCC2)c1)NCC(C)Cc1cccs1. The van der Waals surface area contributed by atoms with Gasteiger partial charge in [0, 0.05) is 43.8 Å². The van der Waals surface area contributed by atoms with Gasteiger partial charge in [-0.2, -0.15) is 0 Å². The molecule has 2 amide bonds. The third-order valence-corrected chi connectivity index (χ3v) is 5.90. The van der Waals surface area contributed by atoms with Crippen LogP contribution in [0.4, 0.5) is 10.5 Å². The topological polar surface area (TPSA) is 68.8 Å². The van der Waals surface area contributed by atoms with Crippen molar-refractivity contribution in [1.82, 2.24) is 15.5 Å². The monoisotopic (exact) mass is 413 g/mol. The van der Waals surface area contributed by atoms with E-state index in [1.165, 1.54) is 4.88 Å². The van der Waals surface area contributed by atoms with Crippen LogP contribution in [-0.2, 0) is 13.0 Å². The van der Waals surface area contributed by atoms with Crippen LogP contribution in [0.5, 0.6) is 0 Å². The van der Waals surface area contributed by atoms with Crippen molar-refractivity contribution in [3.8, 4) is 0 Å². The van der Waals surface area contributed by atoms with Crippen molar-refractivity contribution >= 4 is 29.0 Å². The minimum Gasteiger partial charge on any atom is -0.356 e. The van der Waals surface area contributed by atoms with Crippen LogP contribution in [0.25, 0.3) is 0 Å². The van der Waals surface area contributed by atoms with Crippen LogP contribution in [0, 0.1) is 5.92 Å². The number of carbonyl (C=O) groups excluding carboxylic acids is 1. The molecule has 7 heteroatoms. The van der Waals surface area contributed by atoms with E-state index in [9.17, 15) is 4.79 Å². The molecule has 2 heterocycles. The molecule has 2 aromatic rings. The number of urea groups is 1. The molecule has 1 aliphatic heterocycles. The molecule has 0 spiro atoms. The molecule has 156 valence electrons. The van der Waals surface area contributed by atoms with Crippen molar-refractivity contribution in [3.05, 3.63) is 52.2 Å². The summed E-state index contributed by atoms with van der Waals surface area (Å²) in [4.78, 5) is 19.9. The Hall–Kier alpha value is -2.54. The number of thiophene rings is 1. The summed E-state index contributed by atoms with van der Waals surface area (Å²) >= 11 is 1.81. The van der Waals surface area contributed by atoms with Crippen molar-refractivity contribution in [2.75, 3.05) is 32.0 Å². The Morgan fingerprint density at radius 3 is 2.76 bits per heavy atom. The van der Waals surface area contributed by atoms with Gasteiger partial charge in [0.05, 0.1) is 0 Å². The third kappa shape index (κ3) is 6.78. The van der Waals surface area contributed by atoms with E-state index in [1.54, 1.807) is 18.4 Å². The summed E-state index contributed by atoms with van der Waals surface area (Å²) < 4.78 is 0. The average Bonchev–Trinajstić information content (AvgIpc) is 3.42. The molecule has 0 aliphatic carbocycles. The fourth-order valence-electron chi connectivity index (χ4n) is 3.40. The zero-order valence-corrected chi connectivity index (χ0v) is 18.1. The Morgan fingerprint density at radius 1 is 1.21 bits per heavy atom. The summed E-state index contributed by atoms with van der Waals surface area (Å²) in [7, 11) is 1.78.